The van der Waals surface area contributed by atoms with Crippen LogP contribution in [0.2, 0.25) is 0 Å². The van der Waals surface area contributed by atoms with Crippen LogP contribution in [0, 0.1) is 0 Å². The molecule has 1 N–H and O–H groups in total. The normalized spacial score (nSPS) is 21.5. The number of hydrogen-bond donors (Lipinski definition) is 1. The van der Waals surface area contributed by atoms with E-state index in [9.17, 15) is 5.11 Å². The Morgan fingerprint density at radius 2 is 1.93 bits per heavy atom. The minimum atomic E-state index is -0.0323. The van der Waals surface area contributed by atoms with Crippen molar-refractivity contribution in [1.29, 1.82) is 0 Å². The lowest BCUT2D eigenvalue weighted by molar-refractivity contribution is 0.114. The highest BCUT2D eigenvalue weighted by atomic mass is 16.3. The maximum absolute atomic E-state index is 9.64. The Hall–Kier alpha value is -0.930. The van der Waals surface area contributed by atoms with Gasteiger partial charge in [0, 0.05) is 17.8 Å². The molecule has 1 saturated heterocycles. The van der Waals surface area contributed by atoms with Crippen LogP contribution in [0.3, 0.4) is 0 Å². The molecule has 2 rings (SSSR count). The molecule has 1 fully saturated rings. The molecule has 0 aliphatic carbocycles. The summed E-state index contributed by atoms with van der Waals surface area (Å²) >= 11 is 0. The fourth-order valence-electron chi connectivity index (χ4n) is 2.29. The minimum absolute atomic E-state index is 0.0323. The van der Waals surface area contributed by atoms with Gasteiger partial charge in [0.05, 0.1) is 6.61 Å². The van der Waals surface area contributed by atoms with Crippen molar-refractivity contribution < 1.29 is 5.11 Å². The van der Waals surface area contributed by atoms with Crippen LogP contribution in [0.15, 0.2) is 24.5 Å². The summed E-state index contributed by atoms with van der Waals surface area (Å²) in [6, 6.07) is 4.06. The summed E-state index contributed by atoms with van der Waals surface area (Å²) in [4.78, 5) is 6.34. The molecule has 0 saturated carbocycles. The molecule has 15 heavy (non-hydrogen) atoms. The van der Waals surface area contributed by atoms with Crippen LogP contribution in [0.4, 0.5) is 0 Å². The maximum Gasteiger partial charge on any atom is 0.0528 e. The summed E-state index contributed by atoms with van der Waals surface area (Å²) in [5.41, 5.74) is 1.20. The smallest absolute Gasteiger partial charge is 0.0528 e. The quantitative estimate of drug-likeness (QED) is 0.785. The molecule has 82 valence electrons. The first kappa shape index (κ1) is 10.6. The largest absolute Gasteiger partial charge is 0.395 e. The summed E-state index contributed by atoms with van der Waals surface area (Å²) in [6.45, 7) is 2.36. The second-order valence-corrected chi connectivity index (χ2v) is 4.48. The Balaban J connectivity index is 2.23. The lowest BCUT2D eigenvalue weighted by atomic mass is 9.74. The van der Waals surface area contributed by atoms with Crippen molar-refractivity contribution in [1.82, 2.24) is 9.88 Å². The monoisotopic (exact) mass is 206 g/mol. The number of pyridine rings is 1. The highest BCUT2D eigenvalue weighted by molar-refractivity contribution is 5.24. The van der Waals surface area contributed by atoms with Crippen molar-refractivity contribution in [2.24, 2.45) is 0 Å². The molecule has 0 unspecified atom stereocenters. The first-order chi connectivity index (χ1) is 7.27. The van der Waals surface area contributed by atoms with E-state index in [4.69, 9.17) is 0 Å². The van der Waals surface area contributed by atoms with Crippen molar-refractivity contribution in [2.45, 2.75) is 18.3 Å². The van der Waals surface area contributed by atoms with Crippen LogP contribution in [-0.4, -0.2) is 41.7 Å². The van der Waals surface area contributed by atoms with E-state index in [0.29, 0.717) is 0 Å². The predicted molar refractivity (Wildman–Crippen MR) is 59.7 cm³/mol. The fourth-order valence-corrected chi connectivity index (χ4v) is 2.29. The van der Waals surface area contributed by atoms with Gasteiger partial charge in [-0.2, -0.15) is 0 Å². The lowest BCUT2D eigenvalue weighted by Gasteiger charge is -2.39. The highest BCUT2D eigenvalue weighted by Crippen LogP contribution is 2.34. The Morgan fingerprint density at radius 3 is 2.47 bits per heavy atom. The number of aliphatic hydroxyl groups excluding tert-OH is 1. The first-order valence-corrected chi connectivity index (χ1v) is 5.47. The number of nitrogens with zero attached hydrogens (tertiary/aromatic N) is 2. The molecule has 2 heterocycles. The van der Waals surface area contributed by atoms with Crippen molar-refractivity contribution >= 4 is 0 Å². The SMILES string of the molecule is CN1CCC(CO)(c2ccncc2)CC1. The topological polar surface area (TPSA) is 36.4 Å². The Morgan fingerprint density at radius 1 is 1.33 bits per heavy atom. The van der Waals surface area contributed by atoms with E-state index >= 15 is 0 Å². The molecule has 1 aliphatic heterocycles. The number of hydrogen-bond acceptors (Lipinski definition) is 3. The number of piperidine rings is 1. The summed E-state index contributed by atoms with van der Waals surface area (Å²) in [6.07, 6.45) is 5.68. The van der Waals surface area contributed by atoms with Gasteiger partial charge < -0.3 is 10.0 Å². The summed E-state index contributed by atoms with van der Waals surface area (Å²) < 4.78 is 0. The van der Waals surface area contributed by atoms with Crippen molar-refractivity contribution in [3.8, 4) is 0 Å². The minimum Gasteiger partial charge on any atom is -0.395 e. The van der Waals surface area contributed by atoms with E-state index in [0.717, 1.165) is 25.9 Å². The van der Waals surface area contributed by atoms with E-state index in [1.165, 1.54) is 5.56 Å². The maximum atomic E-state index is 9.64. The van der Waals surface area contributed by atoms with Gasteiger partial charge in [0.2, 0.25) is 0 Å². The molecule has 1 aromatic heterocycles. The third-order valence-corrected chi connectivity index (χ3v) is 3.54. The molecule has 0 amide bonds. The molecule has 0 spiro atoms. The fraction of sp³-hybridized carbons (Fsp3) is 0.583. The summed E-state index contributed by atoms with van der Waals surface area (Å²) in [5, 5.41) is 9.64. The number of aromatic nitrogens is 1. The van der Waals surface area contributed by atoms with Crippen molar-refractivity contribution in [3.05, 3.63) is 30.1 Å². The molecular formula is C12H18N2O. The van der Waals surface area contributed by atoms with E-state index < -0.39 is 0 Å². The van der Waals surface area contributed by atoms with Crippen LogP contribution < -0.4 is 0 Å². The average molecular weight is 206 g/mol. The van der Waals surface area contributed by atoms with Gasteiger partial charge in [-0.1, -0.05) is 0 Å². The van der Waals surface area contributed by atoms with Gasteiger partial charge in [-0.05, 0) is 50.7 Å². The molecule has 0 atom stereocenters. The van der Waals surface area contributed by atoms with E-state index in [1.54, 1.807) is 0 Å². The zero-order valence-corrected chi connectivity index (χ0v) is 9.19. The standard InChI is InChI=1S/C12H18N2O/c1-14-8-4-12(10-15,5-9-14)11-2-6-13-7-3-11/h2-3,6-7,15H,4-5,8-10H2,1H3. The third-order valence-electron chi connectivity index (χ3n) is 3.54. The van der Waals surface area contributed by atoms with Gasteiger partial charge in [-0.15, -0.1) is 0 Å². The van der Waals surface area contributed by atoms with Gasteiger partial charge in [-0.3, -0.25) is 4.98 Å². The van der Waals surface area contributed by atoms with Crippen molar-refractivity contribution in [2.75, 3.05) is 26.7 Å². The van der Waals surface area contributed by atoms with Crippen LogP contribution in [-0.2, 0) is 5.41 Å². The Bertz CT molecular complexity index is 305. The number of aliphatic hydroxyl groups is 1. The molecule has 0 aromatic carbocycles. The molecule has 0 radical (unpaired) electrons. The Labute approximate surface area is 90.8 Å². The molecule has 3 heteroatoms. The van der Waals surface area contributed by atoms with Crippen LogP contribution in [0.25, 0.3) is 0 Å². The van der Waals surface area contributed by atoms with Gasteiger partial charge in [0.25, 0.3) is 0 Å². The number of rotatable bonds is 2. The zero-order valence-electron chi connectivity index (χ0n) is 9.19. The zero-order chi connectivity index (χ0) is 10.7. The second kappa shape index (κ2) is 4.29. The van der Waals surface area contributed by atoms with E-state index in [2.05, 4.69) is 16.9 Å². The molecule has 1 aromatic rings. The van der Waals surface area contributed by atoms with Gasteiger partial charge in [-0.25, -0.2) is 0 Å². The molecule has 3 nitrogen and oxygen atoms in total. The Kier molecular flexibility index (Phi) is 3.03. The van der Waals surface area contributed by atoms with Gasteiger partial charge in [0.15, 0.2) is 0 Å². The molecule has 0 bridgehead atoms. The molecule has 1 aliphatic rings. The summed E-state index contributed by atoms with van der Waals surface area (Å²) in [7, 11) is 2.13. The van der Waals surface area contributed by atoms with Crippen molar-refractivity contribution in [3.63, 3.8) is 0 Å². The molecular weight excluding hydrogens is 188 g/mol. The number of likely N-dealkylation sites (tertiary alicyclic amines) is 1. The van der Waals surface area contributed by atoms with E-state index in [-0.39, 0.29) is 12.0 Å². The summed E-state index contributed by atoms with van der Waals surface area (Å²) in [5.74, 6) is 0. The van der Waals surface area contributed by atoms with Crippen LogP contribution in [0.5, 0.6) is 0 Å². The van der Waals surface area contributed by atoms with Gasteiger partial charge >= 0.3 is 0 Å². The van der Waals surface area contributed by atoms with Crippen LogP contribution in [0.1, 0.15) is 18.4 Å². The lowest BCUT2D eigenvalue weighted by Crippen LogP contribution is -2.43. The highest BCUT2D eigenvalue weighted by Gasteiger charge is 2.34. The van der Waals surface area contributed by atoms with E-state index in [1.807, 2.05) is 24.5 Å². The second-order valence-electron chi connectivity index (χ2n) is 4.48. The van der Waals surface area contributed by atoms with Crippen LogP contribution >= 0.6 is 0 Å². The average Bonchev–Trinajstić information content (AvgIpc) is 2.32. The first-order valence-electron chi connectivity index (χ1n) is 5.47. The van der Waals surface area contributed by atoms with Gasteiger partial charge in [0.1, 0.15) is 0 Å². The predicted octanol–water partition coefficient (Wildman–Crippen LogP) is 1.04. The third kappa shape index (κ3) is 2.03.